The summed E-state index contributed by atoms with van der Waals surface area (Å²) in [5.41, 5.74) is 0.463. The Balaban J connectivity index is 1.62. The van der Waals surface area contributed by atoms with Gasteiger partial charge >= 0.3 is 5.97 Å². The summed E-state index contributed by atoms with van der Waals surface area (Å²) in [5.74, 6) is -0.996. The predicted molar refractivity (Wildman–Crippen MR) is 159 cm³/mol. The van der Waals surface area contributed by atoms with Crippen LogP contribution in [0, 0.1) is 0 Å². The molecule has 2 atom stereocenters. The summed E-state index contributed by atoms with van der Waals surface area (Å²) < 4.78 is 0. The third kappa shape index (κ3) is 6.04. The van der Waals surface area contributed by atoms with Crippen molar-refractivity contribution < 1.29 is 14.7 Å². The van der Waals surface area contributed by atoms with Gasteiger partial charge in [-0.3, -0.25) is 9.59 Å². The van der Waals surface area contributed by atoms with Crippen LogP contribution in [-0.4, -0.2) is 46.3 Å². The van der Waals surface area contributed by atoms with Gasteiger partial charge in [0.15, 0.2) is 0 Å². The maximum atomic E-state index is 13.3. The Kier molecular flexibility index (Phi) is 8.64. The van der Waals surface area contributed by atoms with Crippen LogP contribution in [0.2, 0.25) is 0 Å². The van der Waals surface area contributed by atoms with Gasteiger partial charge in [-0.1, -0.05) is 121 Å². The molecule has 0 unspecified atom stereocenters. The van der Waals surface area contributed by atoms with E-state index < -0.39 is 21.8 Å². The van der Waals surface area contributed by atoms with E-state index in [-0.39, 0.29) is 30.1 Å². The normalized spacial score (nSPS) is 17.2. The number of hydrogen-bond acceptors (Lipinski definition) is 2. The molecule has 4 aromatic rings. The lowest BCUT2D eigenvalue weighted by molar-refractivity contribution is -0.140. The van der Waals surface area contributed by atoms with Crippen LogP contribution in [0.25, 0.3) is 0 Å². The van der Waals surface area contributed by atoms with E-state index in [4.69, 9.17) is 0 Å². The van der Waals surface area contributed by atoms with E-state index in [0.717, 1.165) is 0 Å². The fourth-order valence-electron chi connectivity index (χ4n) is 5.27. The molecule has 5 rings (SSSR count). The van der Waals surface area contributed by atoms with E-state index in [0.29, 0.717) is 13.1 Å². The molecule has 6 heteroatoms. The van der Waals surface area contributed by atoms with Crippen LogP contribution < -0.4 is 21.2 Å². The molecule has 1 heterocycles. The maximum Gasteiger partial charge on any atom is 0.303 e. The zero-order valence-electron chi connectivity index (χ0n) is 21.1. The first-order valence-corrected chi connectivity index (χ1v) is 15.7. The van der Waals surface area contributed by atoms with Crippen molar-refractivity contribution in [2.24, 2.45) is 0 Å². The summed E-state index contributed by atoms with van der Waals surface area (Å²) in [6.45, 7) is 1.27. The van der Waals surface area contributed by atoms with Crippen LogP contribution in [0.3, 0.4) is 0 Å². The van der Waals surface area contributed by atoms with Crippen molar-refractivity contribution in [3.05, 3.63) is 121 Å². The molecular weight excluding hydrogens is 508 g/mol. The number of carbonyl (C=O) groups excluding carboxylic acids is 1. The largest absolute Gasteiger partial charge is 0.481 e. The number of hydrogen-bond donors (Lipinski definition) is 1. The quantitative estimate of drug-likeness (QED) is 0.314. The molecule has 1 amide bonds. The molecule has 1 saturated heterocycles. The average molecular weight is 540 g/mol. The van der Waals surface area contributed by atoms with Crippen LogP contribution in [-0.2, 0) is 9.59 Å². The molecule has 0 aromatic heterocycles. The highest BCUT2D eigenvalue weighted by atomic mass is 31.1. The van der Waals surface area contributed by atoms with Gasteiger partial charge in [-0.25, -0.2) is 0 Å². The van der Waals surface area contributed by atoms with E-state index in [1.54, 1.807) is 0 Å². The topological polar surface area (TPSA) is 57.6 Å². The van der Waals surface area contributed by atoms with Gasteiger partial charge in [-0.05, 0) is 37.1 Å². The van der Waals surface area contributed by atoms with Crippen LogP contribution in [0.1, 0.15) is 12.8 Å². The first-order valence-electron chi connectivity index (χ1n) is 12.9. The zero-order chi connectivity index (χ0) is 26.3. The molecule has 1 fully saturated rings. The van der Waals surface area contributed by atoms with Gasteiger partial charge in [-0.15, -0.1) is 0 Å². The fraction of sp³-hybridized carbons (Fsp3) is 0.188. The Labute approximate surface area is 226 Å². The first kappa shape index (κ1) is 26.3. The van der Waals surface area contributed by atoms with Crippen molar-refractivity contribution in [3.8, 4) is 0 Å². The molecule has 38 heavy (non-hydrogen) atoms. The Morgan fingerprint density at radius 1 is 0.579 bits per heavy atom. The monoisotopic (exact) mass is 539 g/mol. The molecule has 0 aliphatic carbocycles. The Morgan fingerprint density at radius 3 is 1.18 bits per heavy atom. The maximum absolute atomic E-state index is 13.3. The second-order valence-corrected chi connectivity index (χ2v) is 14.3. The summed E-state index contributed by atoms with van der Waals surface area (Å²) in [4.78, 5) is 26.5. The fourth-order valence-corrected chi connectivity index (χ4v) is 11.8. The minimum Gasteiger partial charge on any atom is -0.481 e. The van der Waals surface area contributed by atoms with E-state index in [1.165, 1.54) is 21.2 Å². The third-order valence-corrected chi connectivity index (χ3v) is 13.0. The smallest absolute Gasteiger partial charge is 0.303 e. The molecule has 1 aliphatic heterocycles. The van der Waals surface area contributed by atoms with Gasteiger partial charge in [0.2, 0.25) is 5.91 Å². The van der Waals surface area contributed by atoms with E-state index in [2.05, 4.69) is 121 Å². The number of carboxylic acids is 1. The van der Waals surface area contributed by atoms with Crippen molar-refractivity contribution in [1.82, 2.24) is 4.90 Å². The minimum absolute atomic E-state index is 0.0397. The average Bonchev–Trinajstić information content (AvgIpc) is 3.38. The second-order valence-electron chi connectivity index (χ2n) is 9.41. The van der Waals surface area contributed by atoms with Crippen molar-refractivity contribution in [2.75, 3.05) is 13.1 Å². The molecule has 4 aromatic carbocycles. The number of nitrogens with zero attached hydrogens (tertiary/aromatic N) is 1. The summed E-state index contributed by atoms with van der Waals surface area (Å²) in [7, 11) is -1.54. The molecule has 1 N–H and O–H groups in total. The van der Waals surface area contributed by atoms with Crippen LogP contribution >= 0.6 is 15.8 Å². The van der Waals surface area contributed by atoms with Crippen molar-refractivity contribution in [3.63, 3.8) is 0 Å². The number of amides is 1. The highest BCUT2D eigenvalue weighted by Gasteiger charge is 2.45. The van der Waals surface area contributed by atoms with Gasteiger partial charge in [0.25, 0.3) is 0 Å². The molecule has 4 nitrogen and oxygen atoms in total. The van der Waals surface area contributed by atoms with Crippen molar-refractivity contribution in [2.45, 2.75) is 24.2 Å². The lowest BCUT2D eigenvalue weighted by Crippen LogP contribution is -2.34. The molecule has 0 spiro atoms. The molecule has 0 bridgehead atoms. The van der Waals surface area contributed by atoms with Gasteiger partial charge in [-0.2, -0.15) is 0 Å². The van der Waals surface area contributed by atoms with Gasteiger partial charge < -0.3 is 10.0 Å². The SMILES string of the molecule is O=C(O)CCC(=O)N1C[C@@H](P(c2ccccc2)c2ccccc2)[C@H](P(c2ccccc2)c2ccccc2)C1. The van der Waals surface area contributed by atoms with Gasteiger partial charge in [0.05, 0.1) is 6.42 Å². The van der Waals surface area contributed by atoms with Crippen LogP contribution in [0.5, 0.6) is 0 Å². The molecule has 0 saturated carbocycles. The lowest BCUT2D eigenvalue weighted by atomic mass is 10.3. The second kappa shape index (κ2) is 12.5. The zero-order valence-corrected chi connectivity index (χ0v) is 22.9. The third-order valence-electron chi connectivity index (χ3n) is 6.97. The summed E-state index contributed by atoms with van der Waals surface area (Å²) in [5, 5.41) is 14.4. The Morgan fingerprint density at radius 2 is 0.895 bits per heavy atom. The summed E-state index contributed by atoms with van der Waals surface area (Å²) in [6, 6.07) is 42.8. The lowest BCUT2D eigenvalue weighted by Gasteiger charge is -2.34. The van der Waals surface area contributed by atoms with Crippen molar-refractivity contribution >= 4 is 48.9 Å². The van der Waals surface area contributed by atoms with E-state index >= 15 is 0 Å². The van der Waals surface area contributed by atoms with E-state index in [9.17, 15) is 14.7 Å². The number of aliphatic carboxylic acids is 1. The minimum atomic E-state index is -0.933. The highest BCUT2D eigenvalue weighted by Crippen LogP contribution is 2.54. The Bertz CT molecular complexity index is 1170. The van der Waals surface area contributed by atoms with Gasteiger partial charge in [0, 0.05) is 30.8 Å². The predicted octanol–water partition coefficient (Wildman–Crippen LogP) is 4.70. The molecular formula is C32H31NO3P2. The van der Waals surface area contributed by atoms with Crippen LogP contribution in [0.4, 0.5) is 0 Å². The summed E-state index contributed by atoms with van der Waals surface area (Å²) in [6.07, 6.45) is -0.0963. The number of rotatable bonds is 9. The van der Waals surface area contributed by atoms with Crippen LogP contribution in [0.15, 0.2) is 121 Å². The molecule has 192 valence electrons. The number of likely N-dealkylation sites (tertiary alicyclic amines) is 1. The number of benzene rings is 4. The molecule has 1 aliphatic rings. The molecule has 0 radical (unpaired) electrons. The Hall–Kier alpha value is -3.32. The number of carbonyl (C=O) groups is 2. The van der Waals surface area contributed by atoms with Crippen molar-refractivity contribution in [1.29, 1.82) is 0 Å². The standard InChI is InChI=1S/C32H31NO3P2/c34-31(21-22-32(35)36)33-23-29(37(25-13-5-1-6-14-25)26-15-7-2-8-16-26)30(24-33)38(27-17-9-3-10-18-27)28-19-11-4-12-20-28/h1-20,29-30H,21-24H2,(H,35,36)/t29-,30-/m1/s1. The highest BCUT2D eigenvalue weighted by molar-refractivity contribution is 7.77. The van der Waals surface area contributed by atoms with Gasteiger partial charge in [0.1, 0.15) is 0 Å². The summed E-state index contributed by atoms with van der Waals surface area (Å²) >= 11 is 0. The number of carboxylic acid groups (broad SMARTS) is 1. The van der Waals surface area contributed by atoms with E-state index in [1.807, 2.05) is 4.90 Å². The first-order chi connectivity index (χ1) is 18.6.